The summed E-state index contributed by atoms with van der Waals surface area (Å²) in [6.45, 7) is 7.24. The van der Waals surface area contributed by atoms with Crippen molar-refractivity contribution in [3.8, 4) is 0 Å². The fourth-order valence-electron chi connectivity index (χ4n) is 2.91. The van der Waals surface area contributed by atoms with Crippen molar-refractivity contribution in [1.82, 2.24) is 4.90 Å². The van der Waals surface area contributed by atoms with Crippen LogP contribution in [0.2, 0.25) is 0 Å². The van der Waals surface area contributed by atoms with E-state index in [1.165, 1.54) is 5.56 Å². The van der Waals surface area contributed by atoms with Gasteiger partial charge >= 0.3 is 0 Å². The van der Waals surface area contributed by atoms with Crippen LogP contribution in [0.3, 0.4) is 0 Å². The predicted octanol–water partition coefficient (Wildman–Crippen LogP) is 3.32. The first-order valence-corrected chi connectivity index (χ1v) is 8.22. The summed E-state index contributed by atoms with van der Waals surface area (Å²) in [5.74, 6) is 0. The Kier molecular flexibility index (Phi) is 7.74. The van der Waals surface area contributed by atoms with Gasteiger partial charge in [0.05, 0.1) is 12.6 Å². The molecule has 0 aromatic heterocycles. The van der Waals surface area contributed by atoms with Crippen molar-refractivity contribution in [3.63, 3.8) is 0 Å². The van der Waals surface area contributed by atoms with Crippen molar-refractivity contribution in [2.45, 2.75) is 51.7 Å². The third-order valence-corrected chi connectivity index (χ3v) is 4.31. The van der Waals surface area contributed by atoms with Crippen molar-refractivity contribution in [1.29, 1.82) is 0 Å². The summed E-state index contributed by atoms with van der Waals surface area (Å²) in [6, 6.07) is 8.89. The molecule has 0 aliphatic carbocycles. The van der Waals surface area contributed by atoms with Crippen LogP contribution in [0, 0.1) is 0 Å². The smallest absolute Gasteiger partial charge is 0.0558 e. The topological polar surface area (TPSA) is 49.5 Å². The van der Waals surface area contributed by atoms with E-state index in [1.54, 1.807) is 0 Å². The lowest BCUT2D eigenvalue weighted by Gasteiger charge is -2.39. The molecule has 4 heteroatoms. The second-order valence-corrected chi connectivity index (χ2v) is 6.21. The summed E-state index contributed by atoms with van der Waals surface area (Å²) < 4.78 is 1.06. The third kappa shape index (κ3) is 4.55. The predicted molar refractivity (Wildman–Crippen MR) is 88.7 cm³/mol. The van der Waals surface area contributed by atoms with Crippen LogP contribution < -0.4 is 5.73 Å². The van der Waals surface area contributed by atoms with Gasteiger partial charge in [0, 0.05) is 23.1 Å². The van der Waals surface area contributed by atoms with Gasteiger partial charge in [-0.15, -0.1) is 0 Å². The minimum atomic E-state index is 0.0106. The molecule has 3 nitrogen and oxygen atoms in total. The molecule has 2 unspecified atom stereocenters. The van der Waals surface area contributed by atoms with Crippen molar-refractivity contribution < 1.29 is 5.11 Å². The van der Waals surface area contributed by atoms with E-state index in [-0.39, 0.29) is 18.7 Å². The van der Waals surface area contributed by atoms with Crippen molar-refractivity contribution in [2.75, 3.05) is 13.2 Å². The van der Waals surface area contributed by atoms with Crippen molar-refractivity contribution in [3.05, 3.63) is 34.3 Å². The van der Waals surface area contributed by atoms with Crippen molar-refractivity contribution in [2.24, 2.45) is 5.73 Å². The SMILES string of the molecule is CCC(CC)N(CCO)C(c1cccc(Br)c1)C(C)N. The molecule has 20 heavy (non-hydrogen) atoms. The second-order valence-electron chi connectivity index (χ2n) is 5.29. The lowest BCUT2D eigenvalue weighted by atomic mass is 9.96. The summed E-state index contributed by atoms with van der Waals surface area (Å²) in [5.41, 5.74) is 7.46. The van der Waals surface area contributed by atoms with E-state index in [2.05, 4.69) is 46.8 Å². The Morgan fingerprint density at radius 1 is 1.30 bits per heavy atom. The fraction of sp³-hybridized carbons (Fsp3) is 0.625. The van der Waals surface area contributed by atoms with Crippen LogP contribution in [-0.2, 0) is 0 Å². The Hall–Kier alpha value is -0.420. The van der Waals surface area contributed by atoms with Gasteiger partial charge in [-0.25, -0.2) is 0 Å². The van der Waals surface area contributed by atoms with E-state index in [9.17, 15) is 5.11 Å². The minimum absolute atomic E-state index is 0.0106. The molecular weight excluding hydrogens is 316 g/mol. The molecule has 0 fully saturated rings. The number of nitrogens with two attached hydrogens (primary N) is 1. The van der Waals surface area contributed by atoms with Gasteiger partial charge in [0.15, 0.2) is 0 Å². The maximum Gasteiger partial charge on any atom is 0.0558 e. The van der Waals surface area contributed by atoms with Crippen LogP contribution in [-0.4, -0.2) is 35.2 Å². The van der Waals surface area contributed by atoms with Crippen LogP contribution in [0.5, 0.6) is 0 Å². The van der Waals surface area contributed by atoms with Crippen LogP contribution >= 0.6 is 15.9 Å². The Bertz CT molecular complexity index is 394. The van der Waals surface area contributed by atoms with Crippen LogP contribution in [0.1, 0.15) is 45.2 Å². The molecule has 2 atom stereocenters. The minimum Gasteiger partial charge on any atom is -0.395 e. The average molecular weight is 343 g/mol. The van der Waals surface area contributed by atoms with Crippen molar-refractivity contribution >= 4 is 15.9 Å². The summed E-state index contributed by atoms with van der Waals surface area (Å²) in [6.07, 6.45) is 2.13. The Morgan fingerprint density at radius 2 is 1.95 bits per heavy atom. The van der Waals surface area contributed by atoms with Crippen LogP contribution in [0.25, 0.3) is 0 Å². The lowest BCUT2D eigenvalue weighted by molar-refractivity contribution is 0.0852. The third-order valence-electron chi connectivity index (χ3n) is 3.82. The highest BCUT2D eigenvalue weighted by Crippen LogP contribution is 2.29. The number of hydrogen-bond donors (Lipinski definition) is 2. The second kappa shape index (κ2) is 8.78. The zero-order valence-corrected chi connectivity index (χ0v) is 14.3. The van der Waals surface area contributed by atoms with E-state index < -0.39 is 0 Å². The van der Waals surface area contributed by atoms with Gasteiger partial charge in [-0.1, -0.05) is 41.9 Å². The molecule has 0 aliphatic heterocycles. The lowest BCUT2D eigenvalue weighted by Crippen LogP contribution is -2.46. The zero-order chi connectivity index (χ0) is 15.1. The number of nitrogens with zero attached hydrogens (tertiary/aromatic N) is 1. The molecular formula is C16H27BrN2O. The zero-order valence-electron chi connectivity index (χ0n) is 12.7. The Labute approximate surface area is 131 Å². The maximum atomic E-state index is 9.42. The molecule has 1 aromatic rings. The van der Waals surface area contributed by atoms with Gasteiger partial charge in [0.25, 0.3) is 0 Å². The number of aliphatic hydroxyl groups excluding tert-OH is 1. The number of aliphatic hydroxyl groups is 1. The quantitative estimate of drug-likeness (QED) is 0.761. The van der Waals surface area contributed by atoms with E-state index in [0.717, 1.165) is 17.3 Å². The van der Waals surface area contributed by atoms with E-state index in [4.69, 9.17) is 5.73 Å². The normalized spacial score (nSPS) is 14.8. The molecule has 0 spiro atoms. The number of halogens is 1. The molecule has 0 aliphatic rings. The highest BCUT2D eigenvalue weighted by atomic mass is 79.9. The van der Waals surface area contributed by atoms with Crippen LogP contribution in [0.4, 0.5) is 0 Å². The first kappa shape index (κ1) is 17.6. The van der Waals surface area contributed by atoms with Crippen LogP contribution in [0.15, 0.2) is 28.7 Å². The Morgan fingerprint density at radius 3 is 2.40 bits per heavy atom. The summed E-state index contributed by atoms with van der Waals surface area (Å²) in [4.78, 5) is 2.35. The Balaban J connectivity index is 3.13. The van der Waals surface area contributed by atoms with Gasteiger partial charge in [-0.3, -0.25) is 4.90 Å². The standard InChI is InChI=1S/C16H27BrN2O/c1-4-15(5-2)19(9-10-20)16(12(3)18)13-7-6-8-14(17)11-13/h6-8,11-12,15-16,20H,4-5,9-10,18H2,1-3H3. The summed E-state index contributed by atoms with van der Waals surface area (Å²) in [5, 5.41) is 9.42. The molecule has 0 saturated carbocycles. The molecule has 0 heterocycles. The van der Waals surface area contributed by atoms with E-state index >= 15 is 0 Å². The number of rotatable bonds is 8. The largest absolute Gasteiger partial charge is 0.395 e. The number of hydrogen-bond acceptors (Lipinski definition) is 3. The van der Waals surface area contributed by atoms with E-state index in [0.29, 0.717) is 12.6 Å². The first-order valence-electron chi connectivity index (χ1n) is 7.42. The fourth-order valence-corrected chi connectivity index (χ4v) is 3.33. The van der Waals surface area contributed by atoms with Gasteiger partial charge < -0.3 is 10.8 Å². The molecule has 0 amide bonds. The first-order chi connectivity index (χ1) is 9.54. The van der Waals surface area contributed by atoms with Gasteiger partial charge in [0.2, 0.25) is 0 Å². The van der Waals surface area contributed by atoms with E-state index in [1.807, 2.05) is 19.1 Å². The summed E-state index contributed by atoms with van der Waals surface area (Å²) in [7, 11) is 0. The molecule has 114 valence electrons. The monoisotopic (exact) mass is 342 g/mol. The summed E-state index contributed by atoms with van der Waals surface area (Å²) >= 11 is 3.53. The average Bonchev–Trinajstić information content (AvgIpc) is 2.40. The molecule has 0 saturated heterocycles. The molecule has 1 aromatic carbocycles. The molecule has 3 N–H and O–H groups in total. The van der Waals surface area contributed by atoms with Gasteiger partial charge in [-0.05, 0) is 37.5 Å². The van der Waals surface area contributed by atoms with Gasteiger partial charge in [-0.2, -0.15) is 0 Å². The number of benzene rings is 1. The molecule has 1 rings (SSSR count). The highest BCUT2D eigenvalue weighted by molar-refractivity contribution is 9.10. The highest BCUT2D eigenvalue weighted by Gasteiger charge is 2.28. The van der Waals surface area contributed by atoms with Gasteiger partial charge in [0.1, 0.15) is 0 Å². The molecule has 0 radical (unpaired) electrons. The maximum absolute atomic E-state index is 9.42. The molecule has 0 bridgehead atoms.